The van der Waals surface area contributed by atoms with Crippen molar-refractivity contribution in [1.82, 2.24) is 0 Å². The minimum atomic E-state index is -1.27. The van der Waals surface area contributed by atoms with Crippen LogP contribution in [0.2, 0.25) is 0 Å². The van der Waals surface area contributed by atoms with E-state index in [9.17, 15) is 14.4 Å². The molecule has 22 heavy (non-hydrogen) atoms. The summed E-state index contributed by atoms with van der Waals surface area (Å²) >= 11 is 0. The van der Waals surface area contributed by atoms with Crippen molar-refractivity contribution in [2.45, 2.75) is 26.1 Å². The number of anilines is 1. The van der Waals surface area contributed by atoms with E-state index in [1.165, 1.54) is 20.0 Å². The maximum absolute atomic E-state index is 11.8. The number of carbonyl (C=O) groups is 3. The number of nitrogens with one attached hydrogen (secondary N) is 1. The smallest absolute Gasteiger partial charge is 0.350 e. The van der Waals surface area contributed by atoms with E-state index < -0.39 is 23.6 Å². The molecule has 1 saturated heterocycles. The average molecular weight is 304 g/mol. The van der Waals surface area contributed by atoms with Gasteiger partial charge in [0.1, 0.15) is 0 Å². The Morgan fingerprint density at radius 2 is 1.91 bits per heavy atom. The summed E-state index contributed by atoms with van der Waals surface area (Å²) in [5.74, 6) is -3.24. The van der Waals surface area contributed by atoms with E-state index in [0.29, 0.717) is 11.3 Å². The Kier molecular flexibility index (Phi) is 4.16. The Morgan fingerprint density at radius 1 is 1.27 bits per heavy atom. The highest BCUT2D eigenvalue weighted by Gasteiger charge is 2.38. The summed E-state index contributed by atoms with van der Waals surface area (Å²) < 4.78 is 9.94. The highest BCUT2D eigenvalue weighted by molar-refractivity contribution is 6.15. The molecule has 0 spiro atoms. The van der Waals surface area contributed by atoms with Crippen molar-refractivity contribution < 1.29 is 23.9 Å². The fraction of sp³-hybridized carbons (Fsp3) is 0.267. The second-order valence-electron chi connectivity index (χ2n) is 5.22. The molecule has 1 aromatic carbocycles. The van der Waals surface area contributed by atoms with E-state index in [-0.39, 0.29) is 12.0 Å². The molecule has 0 aromatic heterocycles. The quantitative estimate of drug-likeness (QED) is 0.485. The molecule has 0 aliphatic carbocycles. The molecule has 3 N–H and O–H groups in total. The lowest BCUT2D eigenvalue weighted by atomic mass is 10.1. The van der Waals surface area contributed by atoms with Gasteiger partial charge in [0.2, 0.25) is 5.91 Å². The number of nitrogens with two attached hydrogens (primary N) is 1. The van der Waals surface area contributed by atoms with Crippen molar-refractivity contribution >= 4 is 23.5 Å². The largest absolute Gasteiger partial charge is 0.419 e. The first-order valence-electron chi connectivity index (χ1n) is 6.57. The molecule has 0 radical (unpaired) electrons. The number of benzene rings is 1. The molecule has 0 atom stereocenters. The first kappa shape index (κ1) is 15.6. The number of hydrogen-bond donors (Lipinski definition) is 2. The fourth-order valence-electron chi connectivity index (χ4n) is 1.91. The molecule has 0 unspecified atom stereocenters. The summed E-state index contributed by atoms with van der Waals surface area (Å²) in [6, 6.07) is 6.87. The van der Waals surface area contributed by atoms with Gasteiger partial charge in [-0.15, -0.1) is 0 Å². The molecule has 1 aliphatic heterocycles. The lowest BCUT2D eigenvalue weighted by Crippen LogP contribution is -2.42. The van der Waals surface area contributed by atoms with E-state index >= 15 is 0 Å². The number of carbonyl (C=O) groups excluding carboxylic acids is 3. The Labute approximate surface area is 127 Å². The zero-order valence-electron chi connectivity index (χ0n) is 12.2. The summed E-state index contributed by atoms with van der Waals surface area (Å²) in [5.41, 5.74) is 6.21. The van der Waals surface area contributed by atoms with Gasteiger partial charge in [-0.3, -0.25) is 4.79 Å². The van der Waals surface area contributed by atoms with E-state index in [1.807, 2.05) is 0 Å². The number of esters is 2. The van der Waals surface area contributed by atoms with Crippen molar-refractivity contribution in [2.75, 3.05) is 5.32 Å². The van der Waals surface area contributed by atoms with E-state index in [2.05, 4.69) is 5.32 Å². The zero-order chi connectivity index (χ0) is 16.3. The lowest BCUT2D eigenvalue weighted by molar-refractivity contribution is -0.222. The molecule has 7 heteroatoms. The molecule has 0 saturated carbocycles. The summed E-state index contributed by atoms with van der Waals surface area (Å²) in [4.78, 5) is 34.4. The normalized spacial score (nSPS) is 16.5. The van der Waals surface area contributed by atoms with Crippen LogP contribution >= 0.6 is 0 Å². The number of ether oxygens (including phenoxy) is 2. The minimum absolute atomic E-state index is 0.102. The highest BCUT2D eigenvalue weighted by Crippen LogP contribution is 2.22. The van der Waals surface area contributed by atoms with E-state index in [4.69, 9.17) is 15.2 Å². The van der Waals surface area contributed by atoms with Gasteiger partial charge in [-0.05, 0) is 17.7 Å². The topological polar surface area (TPSA) is 108 Å². The average Bonchev–Trinajstić information content (AvgIpc) is 2.35. The van der Waals surface area contributed by atoms with Gasteiger partial charge in [0, 0.05) is 25.7 Å². The van der Waals surface area contributed by atoms with Gasteiger partial charge in [0.15, 0.2) is 5.57 Å². The van der Waals surface area contributed by atoms with Gasteiger partial charge in [0.25, 0.3) is 5.79 Å². The summed E-state index contributed by atoms with van der Waals surface area (Å²) in [6.45, 7) is 2.95. The molecule has 1 heterocycles. The second kappa shape index (κ2) is 5.88. The molecule has 2 rings (SSSR count). The SMILES string of the molecule is CC1(C)OC(=O)C(=CNc2cccc(CC(N)=O)c2)C(=O)O1. The molecule has 1 fully saturated rings. The molecule has 7 nitrogen and oxygen atoms in total. The summed E-state index contributed by atoms with van der Waals surface area (Å²) in [7, 11) is 0. The van der Waals surface area contributed by atoms with Gasteiger partial charge in [-0.1, -0.05) is 12.1 Å². The van der Waals surface area contributed by atoms with Crippen molar-refractivity contribution in [3.8, 4) is 0 Å². The second-order valence-corrected chi connectivity index (χ2v) is 5.22. The van der Waals surface area contributed by atoms with E-state index in [1.54, 1.807) is 24.3 Å². The van der Waals surface area contributed by atoms with Gasteiger partial charge < -0.3 is 20.5 Å². The van der Waals surface area contributed by atoms with Crippen LogP contribution in [0.15, 0.2) is 36.0 Å². The fourth-order valence-corrected chi connectivity index (χ4v) is 1.91. The number of hydrogen-bond acceptors (Lipinski definition) is 6. The standard InChI is InChI=1S/C15H16N2O5/c1-15(2)21-13(19)11(14(20)22-15)8-17-10-5-3-4-9(6-10)7-12(16)18/h3-6,8,17H,7H2,1-2H3,(H2,16,18). The number of cyclic esters (lactones) is 2. The van der Waals surface area contributed by atoms with Crippen LogP contribution in [0.5, 0.6) is 0 Å². The number of rotatable bonds is 4. The highest BCUT2D eigenvalue weighted by atomic mass is 16.7. The van der Waals surface area contributed by atoms with Gasteiger partial charge in [-0.2, -0.15) is 0 Å². The Balaban J connectivity index is 2.13. The van der Waals surface area contributed by atoms with Gasteiger partial charge in [-0.25, -0.2) is 9.59 Å². The van der Waals surface area contributed by atoms with Crippen LogP contribution in [0.25, 0.3) is 0 Å². The van der Waals surface area contributed by atoms with Crippen LogP contribution in [0.1, 0.15) is 19.4 Å². The van der Waals surface area contributed by atoms with Crippen LogP contribution in [0, 0.1) is 0 Å². The molecule has 1 aliphatic rings. The number of amides is 1. The third-order valence-electron chi connectivity index (χ3n) is 2.81. The van der Waals surface area contributed by atoms with Crippen LogP contribution in [-0.4, -0.2) is 23.6 Å². The molecule has 1 amide bonds. The molecule has 0 bridgehead atoms. The Morgan fingerprint density at radius 3 is 2.50 bits per heavy atom. The molecular weight excluding hydrogens is 288 g/mol. The maximum atomic E-state index is 11.8. The van der Waals surface area contributed by atoms with Gasteiger partial charge >= 0.3 is 11.9 Å². The summed E-state index contributed by atoms with van der Waals surface area (Å²) in [5, 5.41) is 2.80. The van der Waals surface area contributed by atoms with Crippen LogP contribution < -0.4 is 11.1 Å². The Hall–Kier alpha value is -2.83. The monoisotopic (exact) mass is 304 g/mol. The predicted octanol–water partition coefficient (Wildman–Crippen LogP) is 0.846. The first-order valence-corrected chi connectivity index (χ1v) is 6.57. The third kappa shape index (κ3) is 3.85. The van der Waals surface area contributed by atoms with Crippen molar-refractivity contribution in [3.63, 3.8) is 0 Å². The molecular formula is C15H16N2O5. The minimum Gasteiger partial charge on any atom is -0.419 e. The first-order chi connectivity index (χ1) is 10.3. The van der Waals surface area contributed by atoms with Crippen molar-refractivity contribution in [1.29, 1.82) is 0 Å². The molecule has 116 valence electrons. The predicted molar refractivity (Wildman–Crippen MR) is 77.3 cm³/mol. The van der Waals surface area contributed by atoms with Crippen LogP contribution in [0.4, 0.5) is 5.69 Å². The van der Waals surface area contributed by atoms with E-state index in [0.717, 1.165) is 0 Å². The van der Waals surface area contributed by atoms with Gasteiger partial charge in [0.05, 0.1) is 6.42 Å². The molecule has 1 aromatic rings. The zero-order valence-corrected chi connectivity index (χ0v) is 12.2. The Bertz CT molecular complexity index is 642. The van der Waals surface area contributed by atoms with Crippen LogP contribution in [-0.2, 0) is 30.3 Å². The van der Waals surface area contributed by atoms with Crippen LogP contribution in [0.3, 0.4) is 0 Å². The number of primary amides is 1. The van der Waals surface area contributed by atoms with Crippen molar-refractivity contribution in [3.05, 3.63) is 41.6 Å². The maximum Gasteiger partial charge on any atom is 0.350 e. The lowest BCUT2D eigenvalue weighted by Gasteiger charge is -2.29. The third-order valence-corrected chi connectivity index (χ3v) is 2.81. The summed E-state index contributed by atoms with van der Waals surface area (Å²) in [6.07, 6.45) is 1.31. The van der Waals surface area contributed by atoms with Crippen molar-refractivity contribution in [2.24, 2.45) is 5.73 Å².